The van der Waals surface area contributed by atoms with Crippen molar-refractivity contribution in [2.24, 2.45) is 0 Å². The summed E-state index contributed by atoms with van der Waals surface area (Å²) in [5, 5.41) is 8.68. The van der Waals surface area contributed by atoms with Gasteiger partial charge in [-0.05, 0) is 31.2 Å². The predicted octanol–water partition coefficient (Wildman–Crippen LogP) is 2.24. The smallest absolute Gasteiger partial charge is 0.303 e. The molecule has 1 aromatic rings. The number of sulfonamides is 1. The van der Waals surface area contributed by atoms with Gasteiger partial charge in [-0.25, -0.2) is 8.42 Å². The predicted molar refractivity (Wildman–Crippen MR) is 80.3 cm³/mol. The van der Waals surface area contributed by atoms with E-state index in [9.17, 15) is 13.2 Å². The number of hydrogen-bond acceptors (Lipinski definition) is 3. The van der Waals surface area contributed by atoms with Gasteiger partial charge in [0.25, 0.3) is 0 Å². The maximum absolute atomic E-state index is 12.5. The molecule has 1 saturated heterocycles. The third-order valence-electron chi connectivity index (χ3n) is 3.80. The molecule has 1 heterocycles. The summed E-state index contributed by atoms with van der Waals surface area (Å²) in [6, 6.07) is 9.11. The molecule has 0 aromatic heterocycles. The lowest BCUT2D eigenvalue weighted by Gasteiger charge is -2.24. The molecule has 2 rings (SSSR count). The molecule has 1 aliphatic heterocycles. The molecule has 1 N–H and O–H groups in total. The Morgan fingerprint density at radius 3 is 2.67 bits per heavy atom. The lowest BCUT2D eigenvalue weighted by atomic mass is 10.1. The Bertz CT molecular complexity index is 571. The van der Waals surface area contributed by atoms with Crippen LogP contribution in [0, 0.1) is 0 Å². The summed E-state index contributed by atoms with van der Waals surface area (Å²) in [7, 11) is -3.33. The van der Waals surface area contributed by atoms with Crippen LogP contribution in [0.4, 0.5) is 0 Å². The minimum Gasteiger partial charge on any atom is -0.481 e. The maximum Gasteiger partial charge on any atom is 0.303 e. The Morgan fingerprint density at radius 1 is 1.29 bits per heavy atom. The Kier molecular flexibility index (Phi) is 5.36. The van der Waals surface area contributed by atoms with E-state index >= 15 is 0 Å². The van der Waals surface area contributed by atoms with E-state index in [1.165, 1.54) is 0 Å². The Hall–Kier alpha value is -1.40. The van der Waals surface area contributed by atoms with Crippen molar-refractivity contribution in [3.63, 3.8) is 0 Å². The van der Waals surface area contributed by atoms with Crippen molar-refractivity contribution in [3.8, 4) is 0 Å². The maximum atomic E-state index is 12.5. The molecule has 0 aliphatic carbocycles. The zero-order valence-corrected chi connectivity index (χ0v) is 12.8. The number of aliphatic carboxylic acids is 1. The Balaban J connectivity index is 1.99. The van der Waals surface area contributed by atoms with Crippen LogP contribution in [-0.4, -0.2) is 36.4 Å². The monoisotopic (exact) mass is 311 g/mol. The van der Waals surface area contributed by atoms with Crippen molar-refractivity contribution in [3.05, 3.63) is 35.9 Å². The fourth-order valence-electron chi connectivity index (χ4n) is 2.82. The van der Waals surface area contributed by atoms with Crippen molar-refractivity contribution in [1.82, 2.24) is 4.31 Å². The topological polar surface area (TPSA) is 74.7 Å². The second-order valence-corrected chi connectivity index (χ2v) is 7.36. The highest BCUT2D eigenvalue weighted by Crippen LogP contribution is 2.26. The summed E-state index contributed by atoms with van der Waals surface area (Å²) in [5.74, 6) is -0.810. The van der Waals surface area contributed by atoms with Crippen LogP contribution in [0.2, 0.25) is 0 Å². The molecule has 1 fully saturated rings. The van der Waals surface area contributed by atoms with E-state index in [-0.39, 0.29) is 18.2 Å². The molecule has 1 aliphatic rings. The van der Waals surface area contributed by atoms with Gasteiger partial charge in [0.1, 0.15) is 0 Å². The third kappa shape index (κ3) is 4.54. The molecule has 5 nitrogen and oxygen atoms in total. The van der Waals surface area contributed by atoms with Crippen molar-refractivity contribution in [1.29, 1.82) is 0 Å². The summed E-state index contributed by atoms with van der Waals surface area (Å²) in [6.07, 6.45) is 2.93. The third-order valence-corrected chi connectivity index (χ3v) is 5.69. The highest BCUT2D eigenvalue weighted by atomic mass is 32.2. The van der Waals surface area contributed by atoms with Crippen LogP contribution >= 0.6 is 0 Å². The van der Waals surface area contributed by atoms with E-state index in [0.717, 1.165) is 18.4 Å². The van der Waals surface area contributed by atoms with Gasteiger partial charge in [-0.15, -0.1) is 0 Å². The first-order valence-corrected chi connectivity index (χ1v) is 8.85. The summed E-state index contributed by atoms with van der Waals surface area (Å²) in [6.45, 7) is 0.549. The molecular weight excluding hydrogens is 290 g/mol. The highest BCUT2D eigenvalue weighted by Gasteiger charge is 2.33. The van der Waals surface area contributed by atoms with E-state index < -0.39 is 16.0 Å². The van der Waals surface area contributed by atoms with E-state index in [4.69, 9.17) is 5.11 Å². The van der Waals surface area contributed by atoms with E-state index in [2.05, 4.69) is 0 Å². The first-order chi connectivity index (χ1) is 9.99. The van der Waals surface area contributed by atoms with Gasteiger partial charge in [0.05, 0.1) is 5.75 Å². The number of carboxylic acids is 1. The quantitative estimate of drug-likeness (QED) is 0.838. The standard InChI is InChI=1S/C15H21NO4S/c17-15(18)10-4-8-14-9-5-11-16(14)21(19,20)12-13-6-2-1-3-7-13/h1-3,6-7,14H,4-5,8-12H2,(H,17,18). The number of carbonyl (C=O) groups is 1. The summed E-state index contributed by atoms with van der Waals surface area (Å²) in [5.41, 5.74) is 0.786. The Morgan fingerprint density at radius 2 is 2.00 bits per heavy atom. The molecule has 6 heteroatoms. The largest absolute Gasteiger partial charge is 0.481 e. The zero-order chi connectivity index (χ0) is 15.3. The first kappa shape index (κ1) is 16.0. The molecule has 0 saturated carbocycles. The molecule has 116 valence electrons. The van der Waals surface area contributed by atoms with Crippen LogP contribution in [0.25, 0.3) is 0 Å². The second kappa shape index (κ2) is 7.04. The summed E-state index contributed by atoms with van der Waals surface area (Å²) < 4.78 is 26.6. The van der Waals surface area contributed by atoms with Crippen LogP contribution in [0.1, 0.15) is 37.7 Å². The van der Waals surface area contributed by atoms with Crippen LogP contribution in [0.3, 0.4) is 0 Å². The molecule has 21 heavy (non-hydrogen) atoms. The molecule has 0 amide bonds. The summed E-state index contributed by atoms with van der Waals surface area (Å²) >= 11 is 0. The highest BCUT2D eigenvalue weighted by molar-refractivity contribution is 7.88. The summed E-state index contributed by atoms with van der Waals surface area (Å²) in [4.78, 5) is 10.6. The second-order valence-electron chi connectivity index (χ2n) is 5.43. The molecule has 0 spiro atoms. The van der Waals surface area contributed by atoms with Gasteiger partial charge >= 0.3 is 5.97 Å². The fourth-order valence-corrected chi connectivity index (χ4v) is 4.67. The number of nitrogens with zero attached hydrogens (tertiary/aromatic N) is 1. The van der Waals surface area contributed by atoms with Crippen molar-refractivity contribution in [2.45, 2.75) is 43.9 Å². The van der Waals surface area contributed by atoms with Crippen LogP contribution in [-0.2, 0) is 20.6 Å². The minimum atomic E-state index is -3.33. The van der Waals surface area contributed by atoms with E-state index in [0.29, 0.717) is 19.4 Å². The van der Waals surface area contributed by atoms with Crippen LogP contribution in [0.5, 0.6) is 0 Å². The number of rotatable bonds is 7. The van der Waals surface area contributed by atoms with Gasteiger partial charge in [0, 0.05) is 19.0 Å². The van der Waals surface area contributed by atoms with Gasteiger partial charge in [-0.1, -0.05) is 30.3 Å². The molecule has 0 radical (unpaired) electrons. The average molecular weight is 311 g/mol. The molecule has 1 unspecified atom stereocenters. The lowest BCUT2D eigenvalue weighted by molar-refractivity contribution is -0.137. The molecule has 1 atom stereocenters. The van der Waals surface area contributed by atoms with Gasteiger partial charge in [-0.2, -0.15) is 4.31 Å². The molecular formula is C15H21NO4S. The van der Waals surface area contributed by atoms with Crippen molar-refractivity contribution >= 4 is 16.0 Å². The Labute approximate surface area is 125 Å². The van der Waals surface area contributed by atoms with E-state index in [1.54, 1.807) is 4.31 Å². The number of hydrogen-bond donors (Lipinski definition) is 1. The van der Waals surface area contributed by atoms with Crippen LogP contribution < -0.4 is 0 Å². The SMILES string of the molecule is O=C(O)CCCC1CCCN1S(=O)(=O)Cc1ccccc1. The normalized spacial score (nSPS) is 19.7. The van der Waals surface area contributed by atoms with Crippen molar-refractivity contribution in [2.75, 3.05) is 6.54 Å². The van der Waals surface area contributed by atoms with Gasteiger partial charge in [0.15, 0.2) is 0 Å². The van der Waals surface area contributed by atoms with Gasteiger partial charge in [-0.3, -0.25) is 4.79 Å². The molecule has 1 aromatic carbocycles. The van der Waals surface area contributed by atoms with E-state index in [1.807, 2.05) is 30.3 Å². The average Bonchev–Trinajstić information content (AvgIpc) is 2.88. The number of benzene rings is 1. The molecule has 0 bridgehead atoms. The zero-order valence-electron chi connectivity index (χ0n) is 11.9. The van der Waals surface area contributed by atoms with Gasteiger partial charge in [0.2, 0.25) is 10.0 Å². The lowest BCUT2D eigenvalue weighted by Crippen LogP contribution is -2.36. The fraction of sp³-hybridized carbons (Fsp3) is 0.533. The van der Waals surface area contributed by atoms with Crippen molar-refractivity contribution < 1.29 is 18.3 Å². The number of carboxylic acid groups (broad SMARTS) is 1. The van der Waals surface area contributed by atoms with Gasteiger partial charge < -0.3 is 5.11 Å². The van der Waals surface area contributed by atoms with Crippen LogP contribution in [0.15, 0.2) is 30.3 Å². The minimum absolute atomic E-state index is 0.0171. The first-order valence-electron chi connectivity index (χ1n) is 7.24.